The molecule has 2 fully saturated rings. The van der Waals surface area contributed by atoms with E-state index in [4.69, 9.17) is 9.47 Å². The zero-order valence-electron chi connectivity index (χ0n) is 13.6. The third kappa shape index (κ3) is 5.09. The van der Waals surface area contributed by atoms with Crippen molar-refractivity contribution in [3.05, 3.63) is 24.0 Å². The Hall–Kier alpha value is -1.31. The van der Waals surface area contributed by atoms with Crippen LogP contribution in [0.5, 0.6) is 5.75 Å². The van der Waals surface area contributed by atoms with Crippen LogP contribution >= 0.6 is 11.8 Å². The van der Waals surface area contributed by atoms with Crippen LogP contribution in [0.3, 0.4) is 0 Å². The van der Waals surface area contributed by atoms with E-state index < -0.39 is 5.82 Å². The molecule has 0 spiro atoms. The van der Waals surface area contributed by atoms with Gasteiger partial charge in [0.05, 0.1) is 11.8 Å². The summed E-state index contributed by atoms with van der Waals surface area (Å²) < 4.78 is 24.8. The van der Waals surface area contributed by atoms with Crippen LogP contribution in [0, 0.1) is 5.82 Å². The maximum atomic E-state index is 13.6. The van der Waals surface area contributed by atoms with E-state index in [0.29, 0.717) is 24.5 Å². The molecule has 24 heavy (non-hydrogen) atoms. The van der Waals surface area contributed by atoms with Gasteiger partial charge in [-0.3, -0.25) is 4.79 Å². The van der Waals surface area contributed by atoms with E-state index >= 15 is 0 Å². The first-order valence-corrected chi connectivity index (χ1v) is 9.51. The number of ether oxygens (including phenoxy) is 2. The number of anilines is 1. The van der Waals surface area contributed by atoms with Gasteiger partial charge < -0.3 is 20.1 Å². The molecule has 0 radical (unpaired) electrons. The van der Waals surface area contributed by atoms with Crippen molar-refractivity contribution in [1.82, 2.24) is 5.32 Å². The van der Waals surface area contributed by atoms with Crippen molar-refractivity contribution in [3.63, 3.8) is 0 Å². The molecule has 1 aromatic rings. The van der Waals surface area contributed by atoms with Crippen molar-refractivity contribution in [2.24, 2.45) is 0 Å². The second kappa shape index (κ2) is 8.69. The molecule has 2 N–H and O–H groups in total. The molecular weight excluding hydrogens is 331 g/mol. The summed E-state index contributed by atoms with van der Waals surface area (Å²) in [7, 11) is 0. The Labute approximate surface area is 145 Å². The Morgan fingerprint density at radius 1 is 1.50 bits per heavy atom. The molecule has 0 bridgehead atoms. The zero-order chi connectivity index (χ0) is 16.8. The molecule has 2 aliphatic heterocycles. The van der Waals surface area contributed by atoms with Crippen LogP contribution < -0.4 is 15.4 Å². The average Bonchev–Trinajstić information content (AvgIpc) is 3.08. The lowest BCUT2D eigenvalue weighted by Gasteiger charge is -2.22. The molecular formula is C17H23FN2O3S. The first kappa shape index (κ1) is 17.5. The highest BCUT2D eigenvalue weighted by molar-refractivity contribution is 7.99. The van der Waals surface area contributed by atoms with Gasteiger partial charge >= 0.3 is 0 Å². The number of hydrogen-bond donors (Lipinski definition) is 2. The van der Waals surface area contributed by atoms with Crippen molar-refractivity contribution in [3.8, 4) is 5.75 Å². The van der Waals surface area contributed by atoms with Gasteiger partial charge in [-0.1, -0.05) is 0 Å². The fourth-order valence-corrected chi connectivity index (χ4v) is 3.81. The standard InChI is InChI=1S/C17H23FN2O3S/c18-12-3-4-16(23-10-14-2-1-6-22-14)15(8-12)20-17(21)9-13-11-24-7-5-19-13/h3-4,8,13-14,19H,1-2,5-7,9-11H2,(H,20,21). The number of thioether (sulfide) groups is 1. The molecule has 5 nitrogen and oxygen atoms in total. The summed E-state index contributed by atoms with van der Waals surface area (Å²) in [5.41, 5.74) is 0.376. The Morgan fingerprint density at radius 2 is 2.42 bits per heavy atom. The maximum absolute atomic E-state index is 13.6. The monoisotopic (exact) mass is 354 g/mol. The molecule has 132 valence electrons. The van der Waals surface area contributed by atoms with Crippen molar-refractivity contribution in [1.29, 1.82) is 0 Å². The van der Waals surface area contributed by atoms with Crippen molar-refractivity contribution in [2.45, 2.75) is 31.4 Å². The summed E-state index contributed by atoms with van der Waals surface area (Å²) >= 11 is 1.84. The highest BCUT2D eigenvalue weighted by Gasteiger charge is 2.19. The highest BCUT2D eigenvalue weighted by Crippen LogP contribution is 2.27. The number of carbonyl (C=O) groups excluding carboxylic acids is 1. The number of halogens is 1. The first-order valence-electron chi connectivity index (χ1n) is 8.35. The summed E-state index contributed by atoms with van der Waals surface area (Å²) in [6, 6.07) is 4.34. The van der Waals surface area contributed by atoms with Gasteiger partial charge in [-0.25, -0.2) is 4.39 Å². The third-order valence-electron chi connectivity index (χ3n) is 4.09. The van der Waals surface area contributed by atoms with E-state index in [1.165, 1.54) is 12.1 Å². The van der Waals surface area contributed by atoms with Crippen LogP contribution in [-0.2, 0) is 9.53 Å². The van der Waals surface area contributed by atoms with Crippen LogP contribution in [0.4, 0.5) is 10.1 Å². The third-order valence-corrected chi connectivity index (χ3v) is 5.23. The molecule has 2 atom stereocenters. The number of nitrogens with one attached hydrogen (secondary N) is 2. The van der Waals surface area contributed by atoms with Crippen molar-refractivity contribution < 1.29 is 18.7 Å². The molecule has 7 heteroatoms. The summed E-state index contributed by atoms with van der Waals surface area (Å²) in [5.74, 6) is 1.93. The number of rotatable bonds is 6. The molecule has 0 aromatic heterocycles. The number of carbonyl (C=O) groups is 1. The van der Waals surface area contributed by atoms with Gasteiger partial charge in [-0.15, -0.1) is 0 Å². The van der Waals surface area contributed by atoms with Gasteiger partial charge in [0.25, 0.3) is 0 Å². The van der Waals surface area contributed by atoms with Crippen LogP contribution in [0.15, 0.2) is 18.2 Å². The van der Waals surface area contributed by atoms with E-state index in [-0.39, 0.29) is 18.1 Å². The first-order chi connectivity index (χ1) is 11.7. The Balaban J connectivity index is 1.58. The van der Waals surface area contributed by atoms with Gasteiger partial charge in [-0.05, 0) is 25.0 Å². The second-order valence-corrected chi connectivity index (χ2v) is 7.21. The molecule has 0 aliphatic carbocycles. The van der Waals surface area contributed by atoms with Crippen molar-refractivity contribution >= 4 is 23.4 Å². The van der Waals surface area contributed by atoms with Crippen LogP contribution in [0.25, 0.3) is 0 Å². The molecule has 2 saturated heterocycles. The lowest BCUT2D eigenvalue weighted by Crippen LogP contribution is -2.39. The quantitative estimate of drug-likeness (QED) is 0.822. The molecule has 2 heterocycles. The Bertz CT molecular complexity index is 561. The van der Waals surface area contributed by atoms with Crippen LogP contribution in [-0.4, -0.2) is 49.3 Å². The largest absolute Gasteiger partial charge is 0.489 e. The number of benzene rings is 1. The van der Waals surface area contributed by atoms with E-state index in [9.17, 15) is 9.18 Å². The highest BCUT2D eigenvalue weighted by atomic mass is 32.2. The van der Waals surface area contributed by atoms with Crippen LogP contribution in [0.1, 0.15) is 19.3 Å². The summed E-state index contributed by atoms with van der Waals surface area (Å²) in [6.45, 7) is 2.08. The minimum absolute atomic E-state index is 0.0714. The molecule has 0 saturated carbocycles. The fraction of sp³-hybridized carbons (Fsp3) is 0.588. The maximum Gasteiger partial charge on any atom is 0.226 e. The Kier molecular flexibility index (Phi) is 6.34. The lowest BCUT2D eigenvalue weighted by molar-refractivity contribution is -0.116. The summed E-state index contributed by atoms with van der Waals surface area (Å²) in [6.07, 6.45) is 2.44. The second-order valence-electron chi connectivity index (χ2n) is 6.06. The van der Waals surface area contributed by atoms with Gasteiger partial charge in [0.2, 0.25) is 5.91 Å². The average molecular weight is 354 g/mol. The zero-order valence-corrected chi connectivity index (χ0v) is 14.4. The van der Waals surface area contributed by atoms with E-state index in [0.717, 1.165) is 37.5 Å². The van der Waals surface area contributed by atoms with Crippen molar-refractivity contribution in [2.75, 3.05) is 36.6 Å². The van der Waals surface area contributed by atoms with E-state index in [1.54, 1.807) is 6.07 Å². The minimum atomic E-state index is -0.402. The van der Waals surface area contributed by atoms with Crippen LogP contribution in [0.2, 0.25) is 0 Å². The normalized spacial score (nSPS) is 23.9. The van der Waals surface area contributed by atoms with Gasteiger partial charge in [0.1, 0.15) is 18.2 Å². The molecule has 1 amide bonds. The number of amides is 1. The van der Waals surface area contributed by atoms with E-state index in [1.807, 2.05) is 11.8 Å². The fourth-order valence-electron chi connectivity index (χ4n) is 2.86. The van der Waals surface area contributed by atoms with Gasteiger partial charge in [0, 0.05) is 43.2 Å². The number of hydrogen-bond acceptors (Lipinski definition) is 5. The molecule has 2 unspecified atom stereocenters. The summed E-state index contributed by atoms with van der Waals surface area (Å²) in [4.78, 5) is 12.2. The smallest absolute Gasteiger partial charge is 0.226 e. The lowest BCUT2D eigenvalue weighted by atomic mass is 10.2. The SMILES string of the molecule is O=C(CC1CSCCN1)Nc1cc(F)ccc1OCC1CCCO1. The van der Waals surface area contributed by atoms with Gasteiger partial charge in [0.15, 0.2) is 0 Å². The topological polar surface area (TPSA) is 59.6 Å². The molecule has 1 aromatic carbocycles. The molecule has 3 rings (SSSR count). The predicted octanol–water partition coefficient (Wildman–Crippen LogP) is 2.42. The molecule has 2 aliphatic rings. The minimum Gasteiger partial charge on any atom is -0.489 e. The van der Waals surface area contributed by atoms with Gasteiger partial charge in [-0.2, -0.15) is 11.8 Å². The summed E-state index contributed by atoms with van der Waals surface area (Å²) in [5, 5.41) is 6.10. The van der Waals surface area contributed by atoms with E-state index in [2.05, 4.69) is 10.6 Å². The Morgan fingerprint density at radius 3 is 3.17 bits per heavy atom. The predicted molar refractivity (Wildman–Crippen MR) is 93.2 cm³/mol.